The van der Waals surface area contributed by atoms with E-state index in [2.05, 4.69) is 10.2 Å². The molecule has 0 aromatic heterocycles. The predicted molar refractivity (Wildman–Crippen MR) is 77.9 cm³/mol. The van der Waals surface area contributed by atoms with Crippen molar-refractivity contribution in [2.75, 3.05) is 36.0 Å². The van der Waals surface area contributed by atoms with Crippen LogP contribution in [0.1, 0.15) is 19.3 Å². The average molecular weight is 273 g/mol. The molecule has 1 aromatic carbocycles. The number of benzene rings is 1. The van der Waals surface area contributed by atoms with Gasteiger partial charge in [-0.25, -0.2) is 0 Å². The number of nitrogens with zero attached hydrogens (tertiary/aromatic N) is 2. The van der Waals surface area contributed by atoms with E-state index in [0.29, 0.717) is 0 Å². The number of amides is 2. The van der Waals surface area contributed by atoms with Gasteiger partial charge in [-0.05, 0) is 43.5 Å². The second-order valence-corrected chi connectivity index (χ2v) is 5.32. The monoisotopic (exact) mass is 273 g/mol. The van der Waals surface area contributed by atoms with Gasteiger partial charge in [0, 0.05) is 24.5 Å². The van der Waals surface area contributed by atoms with E-state index in [1.807, 2.05) is 24.3 Å². The fourth-order valence-corrected chi connectivity index (χ4v) is 2.79. The van der Waals surface area contributed by atoms with Gasteiger partial charge >= 0.3 is 0 Å². The van der Waals surface area contributed by atoms with Crippen LogP contribution in [-0.4, -0.2) is 38.0 Å². The Hall–Kier alpha value is -2.04. The third-order valence-electron chi connectivity index (χ3n) is 3.92. The molecule has 0 radical (unpaired) electrons. The molecule has 0 bridgehead atoms. The molecule has 2 aliphatic rings. The minimum atomic E-state index is -0.107. The first kappa shape index (κ1) is 13.0. The summed E-state index contributed by atoms with van der Waals surface area (Å²) in [5.74, 6) is -0.167. The fraction of sp³-hybridized carbons (Fsp3) is 0.467. The number of piperidine rings is 1. The van der Waals surface area contributed by atoms with Crippen LogP contribution in [0, 0.1) is 0 Å². The van der Waals surface area contributed by atoms with E-state index in [1.165, 1.54) is 24.9 Å². The van der Waals surface area contributed by atoms with Gasteiger partial charge in [0.15, 0.2) is 0 Å². The van der Waals surface area contributed by atoms with E-state index < -0.39 is 0 Å². The van der Waals surface area contributed by atoms with Crippen LogP contribution in [0.15, 0.2) is 24.3 Å². The van der Waals surface area contributed by atoms with Crippen LogP contribution in [0.3, 0.4) is 0 Å². The van der Waals surface area contributed by atoms with Crippen LogP contribution in [-0.2, 0) is 9.59 Å². The summed E-state index contributed by atoms with van der Waals surface area (Å²) in [6, 6.07) is 7.95. The fourth-order valence-electron chi connectivity index (χ4n) is 2.79. The summed E-state index contributed by atoms with van der Waals surface area (Å²) in [4.78, 5) is 27.1. The van der Waals surface area contributed by atoms with Crippen molar-refractivity contribution >= 4 is 23.2 Å². The second-order valence-electron chi connectivity index (χ2n) is 5.32. The van der Waals surface area contributed by atoms with Crippen LogP contribution in [0.5, 0.6) is 0 Å². The molecule has 5 nitrogen and oxygen atoms in total. The molecule has 3 rings (SSSR count). The summed E-state index contributed by atoms with van der Waals surface area (Å²) in [6.45, 7) is 2.41. The molecule has 0 spiro atoms. The summed E-state index contributed by atoms with van der Waals surface area (Å²) in [5, 5.41) is 2.56. The lowest BCUT2D eigenvalue weighted by molar-refractivity contribution is -0.128. The van der Waals surface area contributed by atoms with Crippen molar-refractivity contribution in [3.63, 3.8) is 0 Å². The Kier molecular flexibility index (Phi) is 3.58. The van der Waals surface area contributed by atoms with Gasteiger partial charge < -0.3 is 15.1 Å². The summed E-state index contributed by atoms with van der Waals surface area (Å²) >= 11 is 0. The number of carbonyl (C=O) groups excluding carboxylic acids is 2. The topological polar surface area (TPSA) is 52.7 Å². The van der Waals surface area contributed by atoms with Gasteiger partial charge in [-0.1, -0.05) is 0 Å². The van der Waals surface area contributed by atoms with E-state index in [9.17, 15) is 9.59 Å². The quantitative estimate of drug-likeness (QED) is 0.879. The van der Waals surface area contributed by atoms with Crippen molar-refractivity contribution in [1.82, 2.24) is 5.32 Å². The maximum absolute atomic E-state index is 11.8. The average Bonchev–Trinajstić information content (AvgIpc) is 2.51. The lowest BCUT2D eigenvalue weighted by Gasteiger charge is -2.30. The lowest BCUT2D eigenvalue weighted by atomic mass is 10.1. The molecule has 1 aromatic rings. The Morgan fingerprint density at radius 1 is 0.900 bits per heavy atom. The first-order chi connectivity index (χ1) is 9.74. The third kappa shape index (κ3) is 2.61. The Balaban J connectivity index is 1.74. The highest BCUT2D eigenvalue weighted by Crippen LogP contribution is 2.24. The van der Waals surface area contributed by atoms with E-state index >= 15 is 0 Å². The van der Waals surface area contributed by atoms with E-state index in [1.54, 1.807) is 4.90 Å². The van der Waals surface area contributed by atoms with Crippen molar-refractivity contribution in [1.29, 1.82) is 0 Å². The SMILES string of the molecule is O=C1CN(c2ccc(N3CCCCC3)cc2)C(=O)CN1. The van der Waals surface area contributed by atoms with Crippen LogP contribution >= 0.6 is 0 Å². The van der Waals surface area contributed by atoms with Gasteiger partial charge in [-0.3, -0.25) is 9.59 Å². The number of nitrogens with one attached hydrogen (secondary N) is 1. The first-order valence-corrected chi connectivity index (χ1v) is 7.16. The third-order valence-corrected chi connectivity index (χ3v) is 3.92. The molecule has 2 aliphatic heterocycles. The van der Waals surface area contributed by atoms with Crippen molar-refractivity contribution in [3.8, 4) is 0 Å². The smallest absolute Gasteiger partial charge is 0.246 e. The van der Waals surface area contributed by atoms with Gasteiger partial charge in [0.1, 0.15) is 6.54 Å². The Morgan fingerprint density at radius 3 is 2.25 bits per heavy atom. The molecular weight excluding hydrogens is 254 g/mol. The summed E-state index contributed by atoms with van der Waals surface area (Å²) in [5.41, 5.74) is 1.99. The molecule has 2 heterocycles. The van der Waals surface area contributed by atoms with Gasteiger partial charge in [0.2, 0.25) is 11.8 Å². The highest BCUT2D eigenvalue weighted by Gasteiger charge is 2.24. The molecule has 0 aliphatic carbocycles. The molecule has 5 heteroatoms. The number of carbonyl (C=O) groups is 2. The van der Waals surface area contributed by atoms with Crippen LogP contribution in [0.25, 0.3) is 0 Å². The van der Waals surface area contributed by atoms with Gasteiger partial charge in [0.25, 0.3) is 0 Å². The van der Waals surface area contributed by atoms with Gasteiger partial charge in [-0.2, -0.15) is 0 Å². The number of piperazine rings is 1. The summed E-state index contributed by atoms with van der Waals surface area (Å²) < 4.78 is 0. The van der Waals surface area contributed by atoms with Gasteiger partial charge in [0.05, 0.1) is 6.54 Å². The normalized spacial score (nSPS) is 20.0. The highest BCUT2D eigenvalue weighted by molar-refractivity contribution is 6.04. The van der Waals surface area contributed by atoms with E-state index in [0.717, 1.165) is 18.8 Å². The largest absolute Gasteiger partial charge is 0.372 e. The number of hydrogen-bond donors (Lipinski definition) is 1. The van der Waals surface area contributed by atoms with Crippen molar-refractivity contribution < 1.29 is 9.59 Å². The zero-order valence-corrected chi connectivity index (χ0v) is 11.5. The minimum Gasteiger partial charge on any atom is -0.372 e. The van der Waals surface area contributed by atoms with Crippen LogP contribution in [0.4, 0.5) is 11.4 Å². The summed E-state index contributed by atoms with van der Waals surface area (Å²) in [7, 11) is 0. The van der Waals surface area contributed by atoms with Gasteiger partial charge in [-0.15, -0.1) is 0 Å². The molecule has 106 valence electrons. The van der Waals surface area contributed by atoms with Crippen molar-refractivity contribution in [2.45, 2.75) is 19.3 Å². The highest BCUT2D eigenvalue weighted by atomic mass is 16.2. The predicted octanol–water partition coefficient (Wildman–Crippen LogP) is 1.14. The molecule has 1 N–H and O–H groups in total. The molecular formula is C15H19N3O2. The van der Waals surface area contributed by atoms with Crippen molar-refractivity contribution in [2.24, 2.45) is 0 Å². The first-order valence-electron chi connectivity index (χ1n) is 7.16. The minimum absolute atomic E-state index is 0.0599. The van der Waals surface area contributed by atoms with Crippen molar-refractivity contribution in [3.05, 3.63) is 24.3 Å². The van der Waals surface area contributed by atoms with E-state index in [4.69, 9.17) is 0 Å². The lowest BCUT2D eigenvalue weighted by Crippen LogP contribution is -2.51. The van der Waals surface area contributed by atoms with Crippen LogP contribution in [0.2, 0.25) is 0 Å². The molecule has 0 unspecified atom stereocenters. The number of anilines is 2. The molecule has 2 fully saturated rings. The maximum atomic E-state index is 11.8. The summed E-state index contributed by atoms with van der Waals surface area (Å²) in [6.07, 6.45) is 3.80. The zero-order chi connectivity index (χ0) is 13.9. The Bertz CT molecular complexity index is 506. The molecule has 20 heavy (non-hydrogen) atoms. The Labute approximate surface area is 118 Å². The molecule has 2 amide bonds. The maximum Gasteiger partial charge on any atom is 0.246 e. The number of hydrogen-bond acceptors (Lipinski definition) is 3. The Morgan fingerprint density at radius 2 is 1.55 bits per heavy atom. The number of rotatable bonds is 2. The second kappa shape index (κ2) is 5.53. The standard InChI is InChI=1S/C15H19N3O2/c19-14-11-18(15(20)10-16-14)13-6-4-12(5-7-13)17-8-2-1-3-9-17/h4-7H,1-3,8-11H2,(H,16,19). The van der Waals surface area contributed by atoms with Crippen LogP contribution < -0.4 is 15.1 Å². The molecule has 0 atom stereocenters. The molecule has 0 saturated carbocycles. The van der Waals surface area contributed by atoms with E-state index in [-0.39, 0.29) is 24.9 Å². The molecule has 2 saturated heterocycles. The zero-order valence-electron chi connectivity index (χ0n) is 11.5.